The third-order valence-electron chi connectivity index (χ3n) is 4.56. The first-order valence-electron chi connectivity index (χ1n) is 9.73. The Kier molecular flexibility index (Phi) is 7.14. The smallest absolute Gasteiger partial charge is 0.261 e. The van der Waals surface area contributed by atoms with Crippen molar-refractivity contribution in [3.63, 3.8) is 0 Å². The minimum atomic E-state index is -0.407. The van der Waals surface area contributed by atoms with Crippen LogP contribution in [0.4, 0.5) is 0 Å². The minimum Gasteiger partial charge on any atom is -0.385 e. The molecule has 0 aliphatic rings. The number of hydrogen-bond acceptors (Lipinski definition) is 4. The Morgan fingerprint density at radius 1 is 1.20 bits per heavy atom. The molecule has 0 spiro atoms. The quantitative estimate of drug-likeness (QED) is 0.353. The van der Waals surface area contributed by atoms with E-state index in [1.54, 1.807) is 17.9 Å². The molecule has 1 aromatic heterocycles. The van der Waals surface area contributed by atoms with Crippen molar-refractivity contribution >= 4 is 12.0 Å². The molecule has 0 unspecified atom stereocenters. The van der Waals surface area contributed by atoms with Crippen LogP contribution in [-0.4, -0.2) is 35.9 Å². The summed E-state index contributed by atoms with van der Waals surface area (Å²) in [6.07, 6.45) is 4.11. The number of nitrogens with zero attached hydrogens (tertiary/aromatic N) is 3. The molecule has 0 fully saturated rings. The second kappa shape index (κ2) is 10.2. The van der Waals surface area contributed by atoms with Gasteiger partial charge in [-0.3, -0.25) is 4.79 Å². The van der Waals surface area contributed by atoms with E-state index in [1.807, 2.05) is 73.8 Å². The molecule has 0 atom stereocenters. The number of carbonyl (C=O) groups excluding carboxylic acids is 1. The molecular weight excluding hydrogens is 376 g/mol. The third-order valence-corrected chi connectivity index (χ3v) is 4.56. The summed E-state index contributed by atoms with van der Waals surface area (Å²) in [6, 6.07) is 19.7. The van der Waals surface area contributed by atoms with Crippen molar-refractivity contribution in [3.8, 4) is 23.0 Å². The summed E-state index contributed by atoms with van der Waals surface area (Å²) in [6.45, 7) is 3.02. The van der Waals surface area contributed by atoms with E-state index in [0.717, 1.165) is 16.8 Å². The Morgan fingerprint density at radius 3 is 2.60 bits per heavy atom. The van der Waals surface area contributed by atoms with E-state index in [9.17, 15) is 10.1 Å². The van der Waals surface area contributed by atoms with Gasteiger partial charge in [0.05, 0.1) is 11.4 Å². The number of benzene rings is 2. The van der Waals surface area contributed by atoms with Gasteiger partial charge in [0, 0.05) is 37.6 Å². The van der Waals surface area contributed by atoms with Crippen LogP contribution in [0.3, 0.4) is 0 Å². The van der Waals surface area contributed by atoms with Crippen molar-refractivity contribution in [2.24, 2.45) is 0 Å². The fourth-order valence-corrected chi connectivity index (χ4v) is 2.96. The van der Waals surface area contributed by atoms with Gasteiger partial charge in [-0.1, -0.05) is 48.0 Å². The molecule has 6 heteroatoms. The van der Waals surface area contributed by atoms with E-state index >= 15 is 0 Å². The summed E-state index contributed by atoms with van der Waals surface area (Å²) in [7, 11) is 1.61. The van der Waals surface area contributed by atoms with Gasteiger partial charge < -0.3 is 10.1 Å². The van der Waals surface area contributed by atoms with Crippen LogP contribution in [0.5, 0.6) is 0 Å². The third kappa shape index (κ3) is 5.22. The lowest BCUT2D eigenvalue weighted by Gasteiger charge is -2.04. The average Bonchev–Trinajstić information content (AvgIpc) is 3.20. The lowest BCUT2D eigenvalue weighted by atomic mass is 10.0. The van der Waals surface area contributed by atoms with E-state index in [2.05, 4.69) is 5.32 Å². The maximum absolute atomic E-state index is 12.4. The second-order valence-electron chi connectivity index (χ2n) is 6.85. The largest absolute Gasteiger partial charge is 0.385 e. The van der Waals surface area contributed by atoms with Crippen molar-refractivity contribution in [3.05, 3.63) is 77.5 Å². The van der Waals surface area contributed by atoms with Gasteiger partial charge in [-0.25, -0.2) is 4.68 Å². The van der Waals surface area contributed by atoms with Crippen LogP contribution < -0.4 is 5.32 Å². The molecule has 3 aromatic rings. The van der Waals surface area contributed by atoms with E-state index in [1.165, 1.54) is 0 Å². The molecule has 2 aromatic carbocycles. The van der Waals surface area contributed by atoms with Gasteiger partial charge in [0.2, 0.25) is 0 Å². The molecule has 6 nitrogen and oxygen atoms in total. The van der Waals surface area contributed by atoms with Crippen LogP contribution in [0.1, 0.15) is 17.5 Å². The molecule has 0 aliphatic carbocycles. The summed E-state index contributed by atoms with van der Waals surface area (Å²) in [5.41, 5.74) is 4.40. The zero-order chi connectivity index (χ0) is 21.3. The second-order valence-corrected chi connectivity index (χ2v) is 6.85. The van der Waals surface area contributed by atoms with Crippen molar-refractivity contribution in [1.29, 1.82) is 5.26 Å². The Morgan fingerprint density at radius 2 is 1.93 bits per heavy atom. The van der Waals surface area contributed by atoms with Crippen LogP contribution in [-0.2, 0) is 9.53 Å². The van der Waals surface area contributed by atoms with Gasteiger partial charge in [0.15, 0.2) is 0 Å². The number of carbonyl (C=O) groups is 1. The van der Waals surface area contributed by atoms with E-state index in [0.29, 0.717) is 30.8 Å². The summed E-state index contributed by atoms with van der Waals surface area (Å²) in [5, 5.41) is 17.0. The number of ether oxygens (including phenoxy) is 1. The van der Waals surface area contributed by atoms with Crippen molar-refractivity contribution in [2.75, 3.05) is 20.3 Å². The summed E-state index contributed by atoms with van der Waals surface area (Å²) in [5.74, 6) is -0.407. The lowest BCUT2D eigenvalue weighted by molar-refractivity contribution is -0.117. The number of para-hydroxylation sites is 1. The Balaban J connectivity index is 1.98. The fourth-order valence-electron chi connectivity index (χ4n) is 2.96. The predicted molar refractivity (Wildman–Crippen MR) is 117 cm³/mol. The predicted octanol–water partition coefficient (Wildman–Crippen LogP) is 3.91. The SMILES string of the molecule is COCCCNC(=O)/C(C#N)=C/c1cn(-c2ccccc2)nc1-c1ccc(C)cc1. The van der Waals surface area contributed by atoms with Gasteiger partial charge in [-0.05, 0) is 31.6 Å². The van der Waals surface area contributed by atoms with Gasteiger partial charge in [0.25, 0.3) is 5.91 Å². The molecule has 1 amide bonds. The molecule has 1 heterocycles. The molecule has 1 N–H and O–H groups in total. The molecule has 3 rings (SSSR count). The summed E-state index contributed by atoms with van der Waals surface area (Å²) >= 11 is 0. The highest BCUT2D eigenvalue weighted by Gasteiger charge is 2.15. The van der Waals surface area contributed by atoms with Gasteiger partial charge >= 0.3 is 0 Å². The molecule has 0 radical (unpaired) electrons. The number of aryl methyl sites for hydroxylation is 1. The van der Waals surface area contributed by atoms with Crippen LogP contribution in [0.25, 0.3) is 23.0 Å². The maximum Gasteiger partial charge on any atom is 0.261 e. The van der Waals surface area contributed by atoms with Crippen molar-refractivity contribution in [2.45, 2.75) is 13.3 Å². The number of aromatic nitrogens is 2. The van der Waals surface area contributed by atoms with Crippen LogP contribution in [0.15, 0.2) is 66.4 Å². The molecule has 0 bridgehead atoms. The highest BCUT2D eigenvalue weighted by Crippen LogP contribution is 2.26. The number of nitriles is 1. The molecule has 30 heavy (non-hydrogen) atoms. The first kappa shape index (κ1) is 21.0. The number of methoxy groups -OCH3 is 1. The molecule has 0 saturated heterocycles. The molecular formula is C24H24N4O2. The summed E-state index contributed by atoms with van der Waals surface area (Å²) in [4.78, 5) is 12.4. The first-order valence-corrected chi connectivity index (χ1v) is 9.73. The molecule has 0 saturated carbocycles. The Hall–Kier alpha value is -3.69. The Bertz CT molecular complexity index is 1060. The van der Waals surface area contributed by atoms with Gasteiger partial charge in [-0.15, -0.1) is 0 Å². The highest BCUT2D eigenvalue weighted by atomic mass is 16.5. The standard InChI is InChI=1S/C24H24N4O2/c1-18-9-11-19(12-10-18)23-21(17-28(27-23)22-7-4-3-5-8-22)15-20(16-25)24(29)26-13-6-14-30-2/h3-5,7-12,15,17H,6,13-14H2,1-2H3,(H,26,29)/b20-15+. The van der Waals surface area contributed by atoms with Crippen molar-refractivity contribution in [1.82, 2.24) is 15.1 Å². The number of rotatable bonds is 8. The topological polar surface area (TPSA) is 79.9 Å². The van der Waals surface area contributed by atoms with Crippen LogP contribution in [0, 0.1) is 18.3 Å². The molecule has 152 valence electrons. The average molecular weight is 400 g/mol. The lowest BCUT2D eigenvalue weighted by Crippen LogP contribution is -2.26. The number of amides is 1. The zero-order valence-electron chi connectivity index (χ0n) is 17.1. The van der Waals surface area contributed by atoms with Crippen molar-refractivity contribution < 1.29 is 9.53 Å². The van der Waals surface area contributed by atoms with Crippen LogP contribution in [0.2, 0.25) is 0 Å². The highest BCUT2D eigenvalue weighted by molar-refractivity contribution is 6.02. The minimum absolute atomic E-state index is 0.0355. The van der Waals surface area contributed by atoms with Crippen LogP contribution >= 0.6 is 0 Å². The van der Waals surface area contributed by atoms with E-state index < -0.39 is 5.91 Å². The monoisotopic (exact) mass is 400 g/mol. The number of hydrogen-bond donors (Lipinski definition) is 1. The first-order chi connectivity index (χ1) is 14.6. The maximum atomic E-state index is 12.4. The van der Waals surface area contributed by atoms with E-state index in [-0.39, 0.29) is 5.57 Å². The van der Waals surface area contributed by atoms with Gasteiger partial charge in [-0.2, -0.15) is 10.4 Å². The zero-order valence-corrected chi connectivity index (χ0v) is 17.1. The summed E-state index contributed by atoms with van der Waals surface area (Å²) < 4.78 is 6.74. The van der Waals surface area contributed by atoms with Gasteiger partial charge in [0.1, 0.15) is 11.6 Å². The fraction of sp³-hybridized carbons (Fsp3) is 0.208. The number of nitrogens with one attached hydrogen (secondary N) is 1. The normalized spacial score (nSPS) is 11.2. The Labute approximate surface area is 176 Å². The molecule has 0 aliphatic heterocycles. The van der Waals surface area contributed by atoms with E-state index in [4.69, 9.17) is 9.84 Å².